The van der Waals surface area contributed by atoms with E-state index in [1.165, 1.54) is 18.1 Å². The molecule has 0 N–H and O–H groups in total. The van der Waals surface area contributed by atoms with Crippen molar-refractivity contribution < 1.29 is 0 Å². The predicted molar refractivity (Wildman–Crippen MR) is 57.9 cm³/mol. The zero-order chi connectivity index (χ0) is 10.7. The van der Waals surface area contributed by atoms with Crippen molar-refractivity contribution in [2.24, 2.45) is 0 Å². The highest BCUT2D eigenvalue weighted by Gasteiger charge is 2.07. The lowest BCUT2D eigenvalue weighted by molar-refractivity contribution is 0.989. The molecule has 76 valence electrons. The molecule has 0 saturated heterocycles. The highest BCUT2D eigenvalue weighted by molar-refractivity contribution is 7.99. The molecule has 0 radical (unpaired) electrons. The minimum Gasteiger partial charge on any atom is -0.260 e. The van der Waals surface area contributed by atoms with E-state index in [9.17, 15) is 0 Å². The summed E-state index contributed by atoms with van der Waals surface area (Å²) >= 11 is 7.30. The van der Waals surface area contributed by atoms with E-state index in [1.807, 2.05) is 6.92 Å². The van der Waals surface area contributed by atoms with Crippen LogP contribution in [-0.2, 0) is 0 Å². The molecule has 2 rings (SSSR count). The lowest BCUT2D eigenvalue weighted by Gasteiger charge is -2.03. The van der Waals surface area contributed by atoms with E-state index in [-0.39, 0.29) is 0 Å². The number of hydrogen-bond acceptors (Lipinski definition) is 5. The van der Waals surface area contributed by atoms with Crippen molar-refractivity contribution in [2.75, 3.05) is 0 Å². The highest BCUT2D eigenvalue weighted by Crippen LogP contribution is 2.28. The van der Waals surface area contributed by atoms with E-state index in [1.54, 1.807) is 18.6 Å². The van der Waals surface area contributed by atoms with E-state index < -0.39 is 0 Å². The third kappa shape index (κ3) is 2.43. The third-order valence-electron chi connectivity index (χ3n) is 1.72. The quantitative estimate of drug-likeness (QED) is 0.752. The Kier molecular flexibility index (Phi) is 3.13. The Bertz CT molecular complexity index is 463. The van der Waals surface area contributed by atoms with Gasteiger partial charge in [-0.2, -0.15) is 0 Å². The first-order chi connectivity index (χ1) is 7.27. The van der Waals surface area contributed by atoms with Gasteiger partial charge in [-0.1, -0.05) is 11.6 Å². The molecular weight excluding hydrogens is 232 g/mol. The smallest absolute Gasteiger partial charge is 0.136 e. The zero-order valence-electron chi connectivity index (χ0n) is 7.88. The van der Waals surface area contributed by atoms with Gasteiger partial charge < -0.3 is 0 Å². The van der Waals surface area contributed by atoms with Gasteiger partial charge in [0.05, 0.1) is 6.20 Å². The maximum Gasteiger partial charge on any atom is 0.136 e. The summed E-state index contributed by atoms with van der Waals surface area (Å²) < 4.78 is 0. The zero-order valence-corrected chi connectivity index (χ0v) is 9.46. The molecule has 15 heavy (non-hydrogen) atoms. The maximum absolute atomic E-state index is 5.88. The minimum absolute atomic E-state index is 0.469. The van der Waals surface area contributed by atoms with Gasteiger partial charge in [0, 0.05) is 18.0 Å². The van der Waals surface area contributed by atoms with E-state index in [0.29, 0.717) is 5.15 Å². The molecule has 0 atom stereocenters. The van der Waals surface area contributed by atoms with Gasteiger partial charge >= 0.3 is 0 Å². The number of rotatable bonds is 2. The van der Waals surface area contributed by atoms with Crippen molar-refractivity contribution >= 4 is 23.4 Å². The molecule has 0 saturated carbocycles. The van der Waals surface area contributed by atoms with Gasteiger partial charge in [-0.15, -0.1) is 0 Å². The summed E-state index contributed by atoms with van der Waals surface area (Å²) in [5, 5.41) is 2.06. The van der Waals surface area contributed by atoms with Gasteiger partial charge in [0.25, 0.3) is 0 Å². The monoisotopic (exact) mass is 238 g/mol. The molecule has 0 aliphatic rings. The van der Waals surface area contributed by atoms with Crippen molar-refractivity contribution in [1.29, 1.82) is 0 Å². The van der Waals surface area contributed by atoms with Crippen molar-refractivity contribution in [1.82, 2.24) is 19.9 Å². The lowest BCUT2D eigenvalue weighted by atomic mass is 10.4. The van der Waals surface area contributed by atoms with Gasteiger partial charge in [-0.3, -0.25) is 4.98 Å². The first-order valence-corrected chi connectivity index (χ1v) is 5.38. The Labute approximate surface area is 96.2 Å². The molecule has 0 aliphatic heterocycles. The summed E-state index contributed by atoms with van der Waals surface area (Å²) in [7, 11) is 0. The molecule has 2 aromatic heterocycles. The molecule has 0 spiro atoms. The Morgan fingerprint density at radius 2 is 2.07 bits per heavy atom. The minimum atomic E-state index is 0.469. The predicted octanol–water partition coefficient (Wildman–Crippen LogP) is 2.38. The molecule has 2 aromatic rings. The Morgan fingerprint density at radius 1 is 1.20 bits per heavy atom. The Hall–Kier alpha value is -1.20. The van der Waals surface area contributed by atoms with Crippen LogP contribution in [0.2, 0.25) is 5.15 Å². The number of aromatic nitrogens is 4. The molecule has 0 aromatic carbocycles. The molecule has 0 unspecified atom stereocenters. The molecule has 0 aliphatic carbocycles. The summed E-state index contributed by atoms with van der Waals surface area (Å²) in [5.74, 6) is 0. The van der Waals surface area contributed by atoms with E-state index in [4.69, 9.17) is 11.6 Å². The summed E-state index contributed by atoms with van der Waals surface area (Å²) in [6, 6.07) is 0. The van der Waals surface area contributed by atoms with Crippen molar-refractivity contribution in [2.45, 2.75) is 17.0 Å². The second kappa shape index (κ2) is 4.55. The van der Waals surface area contributed by atoms with Crippen LogP contribution in [0.25, 0.3) is 0 Å². The van der Waals surface area contributed by atoms with Gasteiger partial charge in [0.2, 0.25) is 0 Å². The topological polar surface area (TPSA) is 51.6 Å². The molecule has 6 heteroatoms. The van der Waals surface area contributed by atoms with Crippen molar-refractivity contribution in [3.8, 4) is 0 Å². The largest absolute Gasteiger partial charge is 0.260 e. The highest BCUT2D eigenvalue weighted by atomic mass is 35.5. The maximum atomic E-state index is 5.88. The number of nitrogens with zero attached hydrogens (tertiary/aromatic N) is 4. The van der Waals surface area contributed by atoms with Crippen LogP contribution in [0.5, 0.6) is 0 Å². The average molecular weight is 239 g/mol. The summed E-state index contributed by atoms with van der Waals surface area (Å²) in [4.78, 5) is 16.1. The van der Waals surface area contributed by atoms with Crippen LogP contribution in [0.1, 0.15) is 5.56 Å². The second-order valence-electron chi connectivity index (χ2n) is 2.74. The van der Waals surface area contributed by atoms with Crippen LogP contribution in [0, 0.1) is 6.92 Å². The normalized spacial score (nSPS) is 10.3. The molecule has 4 nitrogen and oxygen atoms in total. The van der Waals surface area contributed by atoms with Crippen LogP contribution >= 0.6 is 23.4 Å². The van der Waals surface area contributed by atoms with Crippen LogP contribution < -0.4 is 0 Å². The molecule has 0 bridgehead atoms. The Morgan fingerprint density at radius 3 is 2.80 bits per heavy atom. The fraction of sp³-hybridized carbons (Fsp3) is 0.111. The lowest BCUT2D eigenvalue weighted by Crippen LogP contribution is -1.90. The SMILES string of the molecule is Cc1c(Cl)ncnc1Sc1cnccn1. The average Bonchev–Trinajstić information content (AvgIpc) is 2.26. The molecule has 2 heterocycles. The van der Waals surface area contributed by atoms with E-state index in [0.717, 1.165) is 15.6 Å². The van der Waals surface area contributed by atoms with Crippen LogP contribution in [0.4, 0.5) is 0 Å². The fourth-order valence-electron chi connectivity index (χ4n) is 0.954. The second-order valence-corrected chi connectivity index (χ2v) is 4.11. The fourth-order valence-corrected chi connectivity index (χ4v) is 1.92. The first kappa shape index (κ1) is 10.3. The van der Waals surface area contributed by atoms with Gasteiger partial charge in [-0.25, -0.2) is 15.0 Å². The first-order valence-electron chi connectivity index (χ1n) is 4.18. The van der Waals surface area contributed by atoms with Crippen LogP contribution in [0.3, 0.4) is 0 Å². The summed E-state index contributed by atoms with van der Waals surface area (Å²) in [6.07, 6.45) is 6.39. The molecular formula is C9H7ClN4S. The van der Waals surface area contributed by atoms with Gasteiger partial charge in [0.15, 0.2) is 0 Å². The van der Waals surface area contributed by atoms with Crippen molar-refractivity contribution in [3.63, 3.8) is 0 Å². The Balaban J connectivity index is 2.29. The molecule has 0 amide bonds. The summed E-state index contributed by atoms with van der Waals surface area (Å²) in [5.41, 5.74) is 0.856. The van der Waals surface area contributed by atoms with Crippen LogP contribution in [-0.4, -0.2) is 19.9 Å². The number of halogens is 1. The van der Waals surface area contributed by atoms with Gasteiger partial charge in [-0.05, 0) is 18.7 Å². The van der Waals surface area contributed by atoms with Crippen LogP contribution in [0.15, 0.2) is 35.0 Å². The molecule has 0 fully saturated rings. The van der Waals surface area contributed by atoms with E-state index in [2.05, 4.69) is 19.9 Å². The van der Waals surface area contributed by atoms with Crippen molar-refractivity contribution in [3.05, 3.63) is 35.6 Å². The summed E-state index contributed by atoms with van der Waals surface area (Å²) in [6.45, 7) is 1.88. The standard InChI is InChI=1S/C9H7ClN4S/c1-6-8(10)13-5-14-9(6)15-7-4-11-2-3-12-7/h2-5H,1H3. The van der Waals surface area contributed by atoms with E-state index >= 15 is 0 Å². The third-order valence-corrected chi connectivity index (χ3v) is 3.12. The number of hydrogen-bond donors (Lipinski definition) is 0. The van der Waals surface area contributed by atoms with Gasteiger partial charge in [0.1, 0.15) is 21.5 Å².